The second kappa shape index (κ2) is 5.75. The van der Waals surface area contributed by atoms with Crippen LogP contribution in [0.1, 0.15) is 39.1 Å². The third kappa shape index (κ3) is 3.85. The Hall–Kier alpha value is -0.450. The summed E-state index contributed by atoms with van der Waals surface area (Å²) >= 11 is 1.69. The average molecular weight is 241 g/mol. The largest absolute Gasteiger partial charge is 0.327 e. The average Bonchev–Trinajstić information content (AvgIpc) is 2.70. The summed E-state index contributed by atoms with van der Waals surface area (Å²) in [5, 5.41) is 6.66. The first-order chi connectivity index (χ1) is 7.43. The summed E-state index contributed by atoms with van der Waals surface area (Å²) in [5.74, 6) is 0.546. The smallest absolute Gasteiger partial charge is 0.112 e. The normalized spacial score (nSPS) is 14.4. The molecule has 3 nitrogen and oxygen atoms in total. The van der Waals surface area contributed by atoms with Crippen molar-refractivity contribution >= 4 is 11.3 Å². The van der Waals surface area contributed by atoms with E-state index in [-0.39, 0.29) is 11.6 Å². The van der Waals surface area contributed by atoms with Crippen molar-refractivity contribution in [1.82, 2.24) is 10.3 Å². The zero-order valence-electron chi connectivity index (χ0n) is 10.7. The lowest BCUT2D eigenvalue weighted by Gasteiger charge is -2.25. The molecular formula is C12H23N3S. The van der Waals surface area contributed by atoms with Crippen LogP contribution in [0.5, 0.6) is 0 Å². The van der Waals surface area contributed by atoms with E-state index in [0.29, 0.717) is 5.92 Å². The lowest BCUT2D eigenvalue weighted by molar-refractivity contribution is 0.369. The number of nitrogens with zero attached hydrogens (tertiary/aromatic N) is 1. The Morgan fingerprint density at radius 2 is 2.19 bits per heavy atom. The maximum atomic E-state index is 6.01. The van der Waals surface area contributed by atoms with Gasteiger partial charge in [-0.3, -0.25) is 0 Å². The molecule has 1 unspecified atom stereocenters. The zero-order chi connectivity index (χ0) is 12.2. The molecule has 0 aliphatic heterocycles. The molecule has 0 aliphatic rings. The molecule has 92 valence electrons. The minimum atomic E-state index is -0.0507. The van der Waals surface area contributed by atoms with Gasteiger partial charge in [-0.15, -0.1) is 11.3 Å². The molecule has 0 amide bonds. The van der Waals surface area contributed by atoms with Crippen molar-refractivity contribution in [3.8, 4) is 0 Å². The van der Waals surface area contributed by atoms with E-state index >= 15 is 0 Å². The van der Waals surface area contributed by atoms with Crippen molar-refractivity contribution in [3.63, 3.8) is 0 Å². The molecular weight excluding hydrogens is 218 g/mol. The van der Waals surface area contributed by atoms with Crippen molar-refractivity contribution in [2.24, 2.45) is 11.7 Å². The maximum absolute atomic E-state index is 6.01. The fourth-order valence-corrected chi connectivity index (χ4v) is 2.23. The Bertz CT molecular complexity index is 293. The van der Waals surface area contributed by atoms with Gasteiger partial charge in [-0.25, -0.2) is 4.98 Å². The van der Waals surface area contributed by atoms with E-state index in [1.165, 1.54) is 0 Å². The Morgan fingerprint density at radius 3 is 2.69 bits per heavy atom. The molecule has 3 N–H and O–H groups in total. The second-order valence-corrected chi connectivity index (χ2v) is 5.98. The third-order valence-electron chi connectivity index (χ3n) is 2.87. The first kappa shape index (κ1) is 13.6. The third-order valence-corrected chi connectivity index (χ3v) is 3.96. The van der Waals surface area contributed by atoms with E-state index in [9.17, 15) is 0 Å². The van der Waals surface area contributed by atoms with Crippen LogP contribution < -0.4 is 11.1 Å². The van der Waals surface area contributed by atoms with Crippen molar-refractivity contribution in [3.05, 3.63) is 16.6 Å². The first-order valence-corrected chi connectivity index (χ1v) is 6.72. The van der Waals surface area contributed by atoms with Gasteiger partial charge in [0.25, 0.3) is 0 Å². The van der Waals surface area contributed by atoms with Gasteiger partial charge in [0.1, 0.15) is 5.01 Å². The van der Waals surface area contributed by atoms with Crippen LogP contribution in [0.4, 0.5) is 0 Å². The van der Waals surface area contributed by atoms with Crippen LogP contribution in [0.25, 0.3) is 0 Å². The topological polar surface area (TPSA) is 50.9 Å². The van der Waals surface area contributed by atoms with Gasteiger partial charge in [0.05, 0.1) is 5.54 Å². The highest BCUT2D eigenvalue weighted by Gasteiger charge is 2.22. The molecule has 0 bridgehead atoms. The van der Waals surface area contributed by atoms with Gasteiger partial charge >= 0.3 is 0 Å². The molecule has 0 fully saturated rings. The van der Waals surface area contributed by atoms with Crippen molar-refractivity contribution in [2.45, 2.75) is 45.7 Å². The summed E-state index contributed by atoms with van der Waals surface area (Å²) < 4.78 is 0. The van der Waals surface area contributed by atoms with Gasteiger partial charge < -0.3 is 11.1 Å². The van der Waals surface area contributed by atoms with E-state index in [0.717, 1.165) is 18.0 Å². The minimum absolute atomic E-state index is 0.0507. The highest BCUT2D eigenvalue weighted by atomic mass is 32.1. The molecule has 0 saturated heterocycles. The fourth-order valence-electron chi connectivity index (χ4n) is 1.49. The minimum Gasteiger partial charge on any atom is -0.327 e. The fraction of sp³-hybridized carbons (Fsp3) is 0.750. The number of rotatable bonds is 6. The Kier molecular flexibility index (Phi) is 4.89. The van der Waals surface area contributed by atoms with Crippen LogP contribution in [-0.2, 0) is 5.54 Å². The summed E-state index contributed by atoms with van der Waals surface area (Å²) in [4.78, 5) is 4.35. The molecule has 0 saturated carbocycles. The summed E-state index contributed by atoms with van der Waals surface area (Å²) in [7, 11) is 0. The van der Waals surface area contributed by atoms with Crippen molar-refractivity contribution < 1.29 is 0 Å². The van der Waals surface area contributed by atoms with Gasteiger partial charge in [-0.2, -0.15) is 0 Å². The van der Waals surface area contributed by atoms with E-state index in [4.69, 9.17) is 5.73 Å². The lowest BCUT2D eigenvalue weighted by Crippen LogP contribution is -2.40. The van der Waals surface area contributed by atoms with E-state index < -0.39 is 0 Å². The molecule has 0 spiro atoms. The standard InChI is InChI=1S/C12H23N3S/c1-9(2)10(13)5-6-15-12(3,4)11-14-7-8-16-11/h7-10,15H,5-6,13H2,1-4H3. The Morgan fingerprint density at radius 1 is 1.50 bits per heavy atom. The summed E-state index contributed by atoms with van der Waals surface area (Å²) in [5.41, 5.74) is 5.96. The van der Waals surface area contributed by atoms with Gasteiger partial charge in [-0.05, 0) is 32.7 Å². The maximum Gasteiger partial charge on any atom is 0.112 e. The molecule has 1 rings (SSSR count). The lowest BCUT2D eigenvalue weighted by atomic mass is 10.0. The molecule has 1 aromatic rings. The molecule has 4 heteroatoms. The van der Waals surface area contributed by atoms with Crippen molar-refractivity contribution in [1.29, 1.82) is 0 Å². The van der Waals surface area contributed by atoms with Crippen LogP contribution in [-0.4, -0.2) is 17.6 Å². The number of hydrogen-bond acceptors (Lipinski definition) is 4. The van der Waals surface area contributed by atoms with Crippen LogP contribution in [0.3, 0.4) is 0 Å². The highest BCUT2D eigenvalue weighted by molar-refractivity contribution is 7.09. The highest BCUT2D eigenvalue weighted by Crippen LogP contribution is 2.21. The van der Waals surface area contributed by atoms with E-state index in [1.54, 1.807) is 11.3 Å². The van der Waals surface area contributed by atoms with Gasteiger partial charge in [-0.1, -0.05) is 13.8 Å². The molecule has 1 atom stereocenters. The molecule has 1 heterocycles. The summed E-state index contributed by atoms with van der Waals surface area (Å²) in [6.07, 6.45) is 2.86. The summed E-state index contributed by atoms with van der Waals surface area (Å²) in [6, 6.07) is 0.277. The Balaban J connectivity index is 2.37. The quantitative estimate of drug-likeness (QED) is 0.804. The monoisotopic (exact) mass is 241 g/mol. The second-order valence-electron chi connectivity index (χ2n) is 5.09. The van der Waals surface area contributed by atoms with Gasteiger partial charge in [0.15, 0.2) is 0 Å². The number of nitrogens with two attached hydrogens (primary N) is 1. The zero-order valence-corrected chi connectivity index (χ0v) is 11.5. The molecule has 16 heavy (non-hydrogen) atoms. The predicted molar refractivity (Wildman–Crippen MR) is 70.6 cm³/mol. The molecule has 0 radical (unpaired) electrons. The number of nitrogens with one attached hydrogen (secondary N) is 1. The predicted octanol–water partition coefficient (Wildman–Crippen LogP) is 2.34. The SMILES string of the molecule is CC(C)C(N)CCNC(C)(C)c1nccs1. The number of hydrogen-bond donors (Lipinski definition) is 2. The first-order valence-electron chi connectivity index (χ1n) is 5.84. The van der Waals surface area contributed by atoms with E-state index in [1.807, 2.05) is 11.6 Å². The summed E-state index contributed by atoms with van der Waals surface area (Å²) in [6.45, 7) is 9.58. The molecule has 0 aromatic carbocycles. The van der Waals surface area contributed by atoms with E-state index in [2.05, 4.69) is 38.0 Å². The molecule has 0 aliphatic carbocycles. The van der Waals surface area contributed by atoms with Gasteiger partial charge in [0, 0.05) is 17.6 Å². The van der Waals surface area contributed by atoms with Gasteiger partial charge in [0.2, 0.25) is 0 Å². The number of aromatic nitrogens is 1. The number of thiazole rings is 1. The Labute approximate surface area is 102 Å². The molecule has 1 aromatic heterocycles. The van der Waals surface area contributed by atoms with Crippen LogP contribution in [0.2, 0.25) is 0 Å². The van der Waals surface area contributed by atoms with Crippen LogP contribution >= 0.6 is 11.3 Å². The van der Waals surface area contributed by atoms with Crippen molar-refractivity contribution in [2.75, 3.05) is 6.54 Å². The van der Waals surface area contributed by atoms with Crippen LogP contribution in [0.15, 0.2) is 11.6 Å². The van der Waals surface area contributed by atoms with Crippen LogP contribution in [0, 0.1) is 5.92 Å².